The van der Waals surface area contributed by atoms with Gasteiger partial charge in [0.1, 0.15) is 12.4 Å². The number of nitrogens with zero attached hydrogens (tertiary/aromatic N) is 1. The van der Waals surface area contributed by atoms with E-state index in [1.165, 1.54) is 11.8 Å². The number of hydrogen-bond donors (Lipinski definition) is 1. The molecular weight excluding hydrogens is 452 g/mol. The predicted molar refractivity (Wildman–Crippen MR) is 135 cm³/mol. The largest absolute Gasteiger partial charge is 0.490 e. The van der Waals surface area contributed by atoms with Gasteiger partial charge in [0, 0.05) is 16.1 Å². The van der Waals surface area contributed by atoms with Crippen LogP contribution < -0.4 is 19.6 Å². The predicted octanol–water partition coefficient (Wildman–Crippen LogP) is 6.18. The summed E-state index contributed by atoms with van der Waals surface area (Å²) in [6.45, 7) is 7.39. The Morgan fingerprint density at radius 3 is 2.44 bits per heavy atom. The number of halogens is 1. The molecule has 3 rings (SSSR count). The summed E-state index contributed by atoms with van der Waals surface area (Å²) in [7, 11) is 0. The first-order valence-electron chi connectivity index (χ1n) is 11.2. The lowest BCUT2D eigenvalue weighted by atomic mass is 10.1. The molecule has 0 aliphatic carbocycles. The molecule has 178 valence electrons. The fourth-order valence-electron chi connectivity index (χ4n) is 3.07. The summed E-state index contributed by atoms with van der Waals surface area (Å²) >= 11 is 6.16. The van der Waals surface area contributed by atoms with Crippen molar-refractivity contribution in [3.63, 3.8) is 0 Å². The molecule has 34 heavy (non-hydrogen) atoms. The molecule has 7 heteroatoms. The van der Waals surface area contributed by atoms with Crippen LogP contribution in [0.15, 0.2) is 65.8 Å². The SMILES string of the molecule is CCCOc1ccc(C(=O)N/N=C/c2cc(Cl)ccc2OCc2ccc(C)cc2)cc1OCC. The second-order valence-electron chi connectivity index (χ2n) is 7.60. The number of amides is 1. The standard InChI is InChI=1S/C27H29ClN2O4/c1-4-14-33-25-12-10-21(16-26(25)32-5-2)27(31)30-29-17-22-15-23(28)11-13-24(22)34-18-20-8-6-19(3)7-9-20/h6-13,15-17H,4-5,14,18H2,1-3H3,(H,30,31)/b29-17+. The van der Waals surface area contributed by atoms with Gasteiger partial charge < -0.3 is 14.2 Å². The summed E-state index contributed by atoms with van der Waals surface area (Å²) in [5.74, 6) is 1.37. The third-order valence-corrected chi connectivity index (χ3v) is 5.06. The summed E-state index contributed by atoms with van der Waals surface area (Å²) in [5.41, 5.74) is 5.84. The van der Waals surface area contributed by atoms with Crippen LogP contribution in [0.3, 0.4) is 0 Å². The molecule has 0 saturated heterocycles. The number of carbonyl (C=O) groups is 1. The first-order valence-corrected chi connectivity index (χ1v) is 11.6. The van der Waals surface area contributed by atoms with Crippen molar-refractivity contribution in [2.75, 3.05) is 13.2 Å². The highest BCUT2D eigenvalue weighted by Gasteiger charge is 2.11. The third-order valence-electron chi connectivity index (χ3n) is 4.82. The minimum Gasteiger partial charge on any atom is -0.490 e. The Bertz CT molecular complexity index is 1130. The van der Waals surface area contributed by atoms with Gasteiger partial charge >= 0.3 is 0 Å². The summed E-state index contributed by atoms with van der Waals surface area (Å²) < 4.78 is 17.3. The summed E-state index contributed by atoms with van der Waals surface area (Å²) in [5, 5.41) is 4.64. The molecule has 0 aliphatic rings. The molecular formula is C27H29ClN2O4. The Labute approximate surface area is 205 Å². The number of rotatable bonds is 11. The number of hydrazone groups is 1. The molecule has 3 aromatic carbocycles. The van der Waals surface area contributed by atoms with Crippen molar-refractivity contribution in [2.45, 2.75) is 33.8 Å². The van der Waals surface area contributed by atoms with Crippen molar-refractivity contribution in [3.05, 3.63) is 87.9 Å². The van der Waals surface area contributed by atoms with Gasteiger partial charge in [-0.3, -0.25) is 4.79 Å². The molecule has 0 aliphatic heterocycles. The third kappa shape index (κ3) is 7.25. The fraction of sp³-hybridized carbons (Fsp3) is 0.259. The molecule has 0 spiro atoms. The lowest BCUT2D eigenvalue weighted by molar-refractivity contribution is 0.0954. The van der Waals surface area contributed by atoms with E-state index in [0.29, 0.717) is 53.2 Å². The van der Waals surface area contributed by atoms with Gasteiger partial charge in [-0.2, -0.15) is 5.10 Å². The number of carbonyl (C=O) groups excluding carboxylic acids is 1. The molecule has 0 bridgehead atoms. The molecule has 1 amide bonds. The van der Waals surface area contributed by atoms with E-state index in [2.05, 4.69) is 10.5 Å². The average molecular weight is 481 g/mol. The highest BCUT2D eigenvalue weighted by molar-refractivity contribution is 6.30. The molecule has 0 aromatic heterocycles. The van der Waals surface area contributed by atoms with Crippen molar-refractivity contribution < 1.29 is 19.0 Å². The molecule has 0 fully saturated rings. The molecule has 0 atom stereocenters. The molecule has 1 N–H and O–H groups in total. The summed E-state index contributed by atoms with van der Waals surface area (Å²) in [6, 6.07) is 18.4. The van der Waals surface area contributed by atoms with Gasteiger partial charge in [0.15, 0.2) is 11.5 Å². The number of ether oxygens (including phenoxy) is 3. The van der Waals surface area contributed by atoms with E-state index in [-0.39, 0.29) is 5.91 Å². The van der Waals surface area contributed by atoms with Gasteiger partial charge in [-0.1, -0.05) is 48.4 Å². The molecule has 0 heterocycles. The highest BCUT2D eigenvalue weighted by Crippen LogP contribution is 2.29. The van der Waals surface area contributed by atoms with Crippen molar-refractivity contribution in [3.8, 4) is 17.2 Å². The summed E-state index contributed by atoms with van der Waals surface area (Å²) in [6.07, 6.45) is 2.39. The van der Waals surface area contributed by atoms with E-state index in [0.717, 1.165) is 12.0 Å². The van der Waals surface area contributed by atoms with Gasteiger partial charge in [0.2, 0.25) is 0 Å². The van der Waals surface area contributed by atoms with Gasteiger partial charge in [0.05, 0.1) is 19.4 Å². The first-order chi connectivity index (χ1) is 16.5. The zero-order valence-electron chi connectivity index (χ0n) is 19.6. The smallest absolute Gasteiger partial charge is 0.271 e. The second-order valence-corrected chi connectivity index (χ2v) is 8.03. The molecule has 3 aromatic rings. The monoisotopic (exact) mass is 480 g/mol. The van der Waals surface area contributed by atoms with Crippen molar-refractivity contribution in [2.24, 2.45) is 5.10 Å². The molecule has 0 unspecified atom stereocenters. The van der Waals surface area contributed by atoms with E-state index in [1.807, 2.05) is 45.0 Å². The Morgan fingerprint density at radius 2 is 1.71 bits per heavy atom. The molecule has 0 radical (unpaired) electrons. The maximum absolute atomic E-state index is 12.6. The Hall–Kier alpha value is -3.51. The van der Waals surface area contributed by atoms with Crippen LogP contribution in [0, 0.1) is 6.92 Å². The van der Waals surface area contributed by atoms with Crippen molar-refractivity contribution in [1.82, 2.24) is 5.43 Å². The number of nitrogens with one attached hydrogen (secondary N) is 1. The zero-order chi connectivity index (χ0) is 24.3. The van der Waals surface area contributed by atoms with Crippen LogP contribution in [0.4, 0.5) is 0 Å². The quantitative estimate of drug-likeness (QED) is 0.263. The van der Waals surface area contributed by atoms with Crippen molar-refractivity contribution in [1.29, 1.82) is 0 Å². The van der Waals surface area contributed by atoms with Crippen molar-refractivity contribution >= 4 is 23.7 Å². The van der Waals surface area contributed by atoms with E-state index >= 15 is 0 Å². The van der Waals surface area contributed by atoms with Crippen LogP contribution in [0.1, 0.15) is 47.3 Å². The van der Waals surface area contributed by atoms with E-state index < -0.39 is 0 Å². The Balaban J connectivity index is 1.68. The van der Waals surface area contributed by atoms with E-state index in [1.54, 1.807) is 36.4 Å². The maximum atomic E-state index is 12.6. The number of hydrogen-bond acceptors (Lipinski definition) is 5. The normalized spacial score (nSPS) is 10.8. The molecule has 0 saturated carbocycles. The van der Waals surface area contributed by atoms with E-state index in [4.69, 9.17) is 25.8 Å². The number of benzene rings is 3. The lowest BCUT2D eigenvalue weighted by Crippen LogP contribution is -2.18. The van der Waals surface area contributed by atoms with Gasteiger partial charge in [-0.25, -0.2) is 5.43 Å². The lowest BCUT2D eigenvalue weighted by Gasteiger charge is -2.12. The Kier molecular flexibility index (Phi) is 9.35. The van der Waals surface area contributed by atoms with Gasteiger partial charge in [-0.05, 0) is 62.2 Å². The van der Waals surface area contributed by atoms with Crippen LogP contribution in [0.25, 0.3) is 0 Å². The van der Waals surface area contributed by atoms with Crippen LogP contribution in [0.5, 0.6) is 17.2 Å². The van der Waals surface area contributed by atoms with Crippen LogP contribution in [-0.4, -0.2) is 25.3 Å². The second kappa shape index (κ2) is 12.7. The minimum absolute atomic E-state index is 0.372. The highest BCUT2D eigenvalue weighted by atomic mass is 35.5. The van der Waals surface area contributed by atoms with Gasteiger partial charge in [-0.15, -0.1) is 0 Å². The first kappa shape index (κ1) is 25.1. The minimum atomic E-state index is -0.372. The average Bonchev–Trinajstić information content (AvgIpc) is 2.84. The van der Waals surface area contributed by atoms with Gasteiger partial charge in [0.25, 0.3) is 5.91 Å². The summed E-state index contributed by atoms with van der Waals surface area (Å²) in [4.78, 5) is 12.6. The van der Waals surface area contributed by atoms with Crippen LogP contribution in [-0.2, 0) is 6.61 Å². The molecule has 6 nitrogen and oxygen atoms in total. The van der Waals surface area contributed by atoms with Crippen LogP contribution >= 0.6 is 11.6 Å². The fourth-order valence-corrected chi connectivity index (χ4v) is 3.25. The Morgan fingerprint density at radius 1 is 0.941 bits per heavy atom. The van der Waals surface area contributed by atoms with E-state index in [9.17, 15) is 4.79 Å². The number of aryl methyl sites for hydroxylation is 1. The zero-order valence-corrected chi connectivity index (χ0v) is 20.4. The topological polar surface area (TPSA) is 69.2 Å². The van der Waals surface area contributed by atoms with Crippen LogP contribution in [0.2, 0.25) is 5.02 Å². The maximum Gasteiger partial charge on any atom is 0.271 e.